The molecule has 0 saturated heterocycles. The molecule has 0 aromatic heterocycles. The third-order valence-electron chi connectivity index (χ3n) is 1.93. The van der Waals surface area contributed by atoms with Crippen molar-refractivity contribution in [3.8, 4) is 0 Å². The number of hydrogen-bond donors (Lipinski definition) is 2. The Hall–Kier alpha value is 1.16. The predicted octanol–water partition coefficient (Wildman–Crippen LogP) is 2.12. The van der Waals surface area contributed by atoms with Gasteiger partial charge in [-0.2, -0.15) is 0 Å². The molecule has 1 N–H and O–H groups in total. The van der Waals surface area contributed by atoms with Crippen LogP contribution in [-0.2, 0) is 27.3 Å². The second-order valence-corrected chi connectivity index (χ2v) is 3.94. The van der Waals surface area contributed by atoms with E-state index in [4.69, 9.17) is 12.2 Å². The summed E-state index contributed by atoms with van der Waals surface area (Å²) in [4.78, 5) is 0. The monoisotopic (exact) mass is 289 g/mol. The minimum atomic E-state index is 0. The molecule has 1 rings (SSSR count). The molecule has 0 spiro atoms. The quantitative estimate of drug-likeness (QED) is 0.435. The third-order valence-corrected chi connectivity index (χ3v) is 2.18. The van der Waals surface area contributed by atoms with Crippen LogP contribution in [0.25, 0.3) is 0 Å². The minimum absolute atomic E-state index is 0. The zero-order chi connectivity index (χ0) is 7.40. The zero-order valence-electron chi connectivity index (χ0n) is 6.68. The van der Waals surface area contributed by atoms with Gasteiger partial charge in [0.15, 0.2) is 0 Å². The standard InChI is InChI=1S/C7H13NS2.Cd/c9-7(10)8-6-4-2-1-3-5-6;/h6H,1-5H2,(H2,8,9,10);/q;+2. The second-order valence-electron chi connectivity index (χ2n) is 2.78. The van der Waals surface area contributed by atoms with Crippen LogP contribution in [0.15, 0.2) is 0 Å². The number of thiol groups is 1. The van der Waals surface area contributed by atoms with Gasteiger partial charge in [-0.3, -0.25) is 0 Å². The number of hydrogen-bond acceptors (Lipinski definition) is 1. The number of nitrogens with one attached hydrogen (secondary N) is 1. The summed E-state index contributed by atoms with van der Waals surface area (Å²) < 4.78 is 0.645. The molecule has 0 atom stereocenters. The van der Waals surface area contributed by atoms with Crippen molar-refractivity contribution in [1.29, 1.82) is 0 Å². The molecular formula is C7H13CdNS2+2. The van der Waals surface area contributed by atoms with Crippen molar-refractivity contribution in [2.24, 2.45) is 0 Å². The Morgan fingerprint density at radius 3 is 2.27 bits per heavy atom. The van der Waals surface area contributed by atoms with Gasteiger partial charge in [0.25, 0.3) is 0 Å². The maximum Gasteiger partial charge on any atom is 2.00 e. The van der Waals surface area contributed by atoms with E-state index in [-0.39, 0.29) is 27.3 Å². The summed E-state index contributed by atoms with van der Waals surface area (Å²) in [6.45, 7) is 0. The van der Waals surface area contributed by atoms with Crippen LogP contribution in [0.2, 0.25) is 0 Å². The van der Waals surface area contributed by atoms with Crippen LogP contribution in [-0.4, -0.2) is 10.4 Å². The minimum Gasteiger partial charge on any atom is -0.368 e. The first-order valence-corrected chi connectivity index (χ1v) is 4.64. The first kappa shape index (κ1) is 12.2. The number of rotatable bonds is 1. The van der Waals surface area contributed by atoms with Crippen LogP contribution < -0.4 is 5.32 Å². The molecule has 1 saturated carbocycles. The molecule has 0 aromatic carbocycles. The van der Waals surface area contributed by atoms with E-state index < -0.39 is 0 Å². The molecule has 0 unspecified atom stereocenters. The van der Waals surface area contributed by atoms with Gasteiger partial charge in [-0.25, -0.2) is 0 Å². The van der Waals surface area contributed by atoms with Gasteiger partial charge < -0.3 is 5.32 Å². The van der Waals surface area contributed by atoms with Crippen LogP contribution in [0.4, 0.5) is 0 Å². The molecule has 1 aliphatic rings. The van der Waals surface area contributed by atoms with E-state index in [2.05, 4.69) is 17.9 Å². The molecule has 0 aromatic rings. The summed E-state index contributed by atoms with van der Waals surface area (Å²) in [6.07, 6.45) is 6.60. The van der Waals surface area contributed by atoms with Crippen LogP contribution in [0.5, 0.6) is 0 Å². The molecule has 58 valence electrons. The average Bonchev–Trinajstić information content (AvgIpc) is 1.88. The van der Waals surface area contributed by atoms with Crippen LogP contribution >= 0.6 is 24.8 Å². The summed E-state index contributed by atoms with van der Waals surface area (Å²) in [7, 11) is 0. The van der Waals surface area contributed by atoms with E-state index in [1.165, 1.54) is 32.1 Å². The van der Waals surface area contributed by atoms with Crippen molar-refractivity contribution in [3.63, 3.8) is 0 Å². The van der Waals surface area contributed by atoms with Gasteiger partial charge >= 0.3 is 27.3 Å². The summed E-state index contributed by atoms with van der Waals surface area (Å²) >= 11 is 8.86. The van der Waals surface area contributed by atoms with Crippen molar-refractivity contribution in [3.05, 3.63) is 0 Å². The topological polar surface area (TPSA) is 12.0 Å². The molecule has 0 heterocycles. The fourth-order valence-corrected chi connectivity index (χ4v) is 1.77. The Morgan fingerprint density at radius 1 is 1.27 bits per heavy atom. The summed E-state index contributed by atoms with van der Waals surface area (Å²) in [5.74, 6) is 0. The van der Waals surface area contributed by atoms with Crippen molar-refractivity contribution in [2.45, 2.75) is 38.1 Å². The molecule has 11 heavy (non-hydrogen) atoms. The molecule has 0 aliphatic heterocycles. The van der Waals surface area contributed by atoms with Crippen LogP contribution in [0.1, 0.15) is 32.1 Å². The summed E-state index contributed by atoms with van der Waals surface area (Å²) in [5.41, 5.74) is 0. The maximum absolute atomic E-state index is 4.83. The molecule has 1 fully saturated rings. The summed E-state index contributed by atoms with van der Waals surface area (Å²) in [5, 5.41) is 3.18. The van der Waals surface area contributed by atoms with Gasteiger partial charge in [0, 0.05) is 6.04 Å². The van der Waals surface area contributed by atoms with E-state index in [9.17, 15) is 0 Å². The summed E-state index contributed by atoms with van der Waals surface area (Å²) in [6, 6.07) is 0.610. The Kier molecular flexibility index (Phi) is 7.36. The Balaban J connectivity index is 0.000001000. The van der Waals surface area contributed by atoms with Crippen LogP contribution in [0.3, 0.4) is 0 Å². The molecule has 1 aliphatic carbocycles. The fraction of sp³-hybridized carbons (Fsp3) is 0.857. The second kappa shape index (κ2) is 6.65. The Morgan fingerprint density at radius 2 is 1.82 bits per heavy atom. The smallest absolute Gasteiger partial charge is 0.368 e. The molecule has 0 radical (unpaired) electrons. The van der Waals surface area contributed by atoms with Crippen molar-refractivity contribution in [1.82, 2.24) is 5.32 Å². The molecular weight excluding hydrogens is 275 g/mol. The van der Waals surface area contributed by atoms with E-state index in [0.29, 0.717) is 10.4 Å². The van der Waals surface area contributed by atoms with E-state index in [0.717, 1.165) is 0 Å². The van der Waals surface area contributed by atoms with Gasteiger partial charge in [-0.1, -0.05) is 31.5 Å². The first-order valence-electron chi connectivity index (χ1n) is 3.78. The van der Waals surface area contributed by atoms with Gasteiger partial charge in [-0.05, 0) is 12.8 Å². The normalized spacial score (nSPS) is 18.6. The van der Waals surface area contributed by atoms with E-state index in [1.807, 2.05) is 0 Å². The van der Waals surface area contributed by atoms with Gasteiger partial charge in [0.05, 0.1) is 0 Å². The Labute approximate surface area is 99.3 Å². The van der Waals surface area contributed by atoms with Crippen molar-refractivity contribution in [2.75, 3.05) is 0 Å². The Bertz CT molecular complexity index is 124. The predicted molar refractivity (Wildman–Crippen MR) is 51.6 cm³/mol. The molecule has 4 heteroatoms. The third kappa shape index (κ3) is 5.41. The van der Waals surface area contributed by atoms with Crippen LogP contribution in [0, 0.1) is 0 Å². The largest absolute Gasteiger partial charge is 2.00 e. The van der Waals surface area contributed by atoms with Gasteiger partial charge in [0.2, 0.25) is 0 Å². The maximum atomic E-state index is 4.83. The zero-order valence-corrected chi connectivity index (χ0v) is 12.4. The van der Waals surface area contributed by atoms with Gasteiger partial charge in [-0.15, -0.1) is 12.6 Å². The van der Waals surface area contributed by atoms with Gasteiger partial charge in [0.1, 0.15) is 4.32 Å². The molecule has 1 nitrogen and oxygen atoms in total. The van der Waals surface area contributed by atoms with E-state index in [1.54, 1.807) is 0 Å². The molecule has 0 amide bonds. The SMILES string of the molecule is S=C(S)NC1CCCCC1.[Cd+2]. The number of thiocarbonyl (C=S) groups is 1. The molecule has 0 bridgehead atoms. The average molecular weight is 288 g/mol. The first-order chi connectivity index (χ1) is 4.79. The van der Waals surface area contributed by atoms with Crippen molar-refractivity contribution < 1.29 is 27.3 Å². The van der Waals surface area contributed by atoms with E-state index >= 15 is 0 Å². The fourth-order valence-electron chi connectivity index (χ4n) is 1.42. The van der Waals surface area contributed by atoms with Crippen molar-refractivity contribution >= 4 is 29.2 Å².